The molecule has 2 bridgehead atoms. The van der Waals surface area contributed by atoms with Crippen molar-refractivity contribution in [3.05, 3.63) is 60.0 Å². The van der Waals surface area contributed by atoms with E-state index in [4.69, 9.17) is 14.2 Å². The van der Waals surface area contributed by atoms with Gasteiger partial charge in [0.05, 0.1) is 32.2 Å². The molecular formula is C33H43N7O5. The van der Waals surface area contributed by atoms with Gasteiger partial charge in [-0.2, -0.15) is 0 Å². The van der Waals surface area contributed by atoms with Gasteiger partial charge < -0.3 is 24.4 Å². The van der Waals surface area contributed by atoms with Crippen LogP contribution < -0.4 is 14.8 Å². The lowest BCUT2D eigenvalue weighted by Crippen LogP contribution is -2.52. The van der Waals surface area contributed by atoms with Gasteiger partial charge in [-0.15, -0.1) is 5.10 Å². The monoisotopic (exact) mass is 617 g/mol. The normalized spacial score (nSPS) is 22.7. The summed E-state index contributed by atoms with van der Waals surface area (Å²) in [6, 6.07) is 10.6. The number of hydrogen-bond donors (Lipinski definition) is 1. The van der Waals surface area contributed by atoms with E-state index in [1.165, 1.54) is 25.7 Å². The second-order valence-electron chi connectivity index (χ2n) is 12.1. The van der Waals surface area contributed by atoms with Crippen LogP contribution in [0.5, 0.6) is 11.6 Å². The van der Waals surface area contributed by atoms with Gasteiger partial charge in [-0.3, -0.25) is 14.5 Å². The molecule has 12 heteroatoms. The summed E-state index contributed by atoms with van der Waals surface area (Å²) in [5, 5.41) is 11.6. The zero-order chi connectivity index (χ0) is 31.0. The van der Waals surface area contributed by atoms with Crippen molar-refractivity contribution in [1.29, 1.82) is 0 Å². The number of rotatable bonds is 5. The first-order chi connectivity index (χ1) is 22.1. The Hall–Kier alpha value is -4.03. The molecule has 7 rings (SSSR count). The average Bonchev–Trinajstić information content (AvgIpc) is 3.78. The van der Waals surface area contributed by atoms with Gasteiger partial charge in [0.25, 0.3) is 5.91 Å². The van der Waals surface area contributed by atoms with Gasteiger partial charge in [0.1, 0.15) is 29.6 Å². The SMILES string of the molecule is COc1ccccc1-n1cc(C[C@H]2NC(=O)c3cccnc3OCCOCCN(C3CCCC3)CC3CCN(CC3)C2=O)nn1. The number of piperidine rings is 1. The number of para-hydroxylation sites is 2. The Morgan fingerprint density at radius 3 is 2.62 bits per heavy atom. The number of methoxy groups -OCH3 is 1. The van der Waals surface area contributed by atoms with Crippen molar-refractivity contribution < 1.29 is 23.8 Å². The second kappa shape index (κ2) is 14.8. The third-order valence-corrected chi connectivity index (χ3v) is 9.15. The molecular weight excluding hydrogens is 574 g/mol. The lowest BCUT2D eigenvalue weighted by molar-refractivity contribution is -0.134. The number of ether oxygens (including phenoxy) is 3. The maximum atomic E-state index is 14.1. The zero-order valence-electron chi connectivity index (χ0n) is 26.0. The minimum Gasteiger partial charge on any atom is -0.494 e. The molecule has 240 valence electrons. The summed E-state index contributed by atoms with van der Waals surface area (Å²) >= 11 is 0. The van der Waals surface area contributed by atoms with Crippen molar-refractivity contribution in [1.82, 2.24) is 35.1 Å². The van der Waals surface area contributed by atoms with Crippen molar-refractivity contribution >= 4 is 11.8 Å². The van der Waals surface area contributed by atoms with E-state index in [1.54, 1.807) is 36.3 Å². The van der Waals surface area contributed by atoms with Crippen LogP contribution in [0.2, 0.25) is 0 Å². The summed E-state index contributed by atoms with van der Waals surface area (Å²) in [7, 11) is 1.60. The molecule has 0 radical (unpaired) electrons. The summed E-state index contributed by atoms with van der Waals surface area (Å²) < 4.78 is 19.0. The van der Waals surface area contributed by atoms with Gasteiger partial charge >= 0.3 is 0 Å². The lowest BCUT2D eigenvalue weighted by atomic mass is 9.94. The minimum absolute atomic E-state index is 0.123. The lowest BCUT2D eigenvalue weighted by Gasteiger charge is -2.38. The highest BCUT2D eigenvalue weighted by atomic mass is 16.5. The van der Waals surface area contributed by atoms with Gasteiger partial charge in [0, 0.05) is 44.8 Å². The van der Waals surface area contributed by atoms with Crippen LogP contribution in [0, 0.1) is 5.92 Å². The van der Waals surface area contributed by atoms with E-state index in [0.29, 0.717) is 49.7 Å². The van der Waals surface area contributed by atoms with Crippen molar-refractivity contribution in [2.75, 3.05) is 53.1 Å². The fraction of sp³-hybridized carbons (Fsp3) is 0.545. The number of carbonyl (C=O) groups is 2. The van der Waals surface area contributed by atoms with Crippen molar-refractivity contribution in [3.8, 4) is 17.3 Å². The maximum absolute atomic E-state index is 14.1. The first kappa shape index (κ1) is 31.0. The molecule has 5 heterocycles. The van der Waals surface area contributed by atoms with Crippen LogP contribution in [-0.2, 0) is 16.0 Å². The zero-order valence-corrected chi connectivity index (χ0v) is 26.0. The highest BCUT2D eigenvalue weighted by Crippen LogP contribution is 2.27. The van der Waals surface area contributed by atoms with Crippen LogP contribution in [0.25, 0.3) is 5.69 Å². The summed E-state index contributed by atoms with van der Waals surface area (Å²) in [4.78, 5) is 36.5. The number of pyridine rings is 1. The Morgan fingerprint density at radius 1 is 0.978 bits per heavy atom. The molecule has 1 saturated carbocycles. The predicted molar refractivity (Wildman–Crippen MR) is 167 cm³/mol. The molecule has 2 fully saturated rings. The highest BCUT2D eigenvalue weighted by Gasteiger charge is 2.33. The first-order valence-corrected chi connectivity index (χ1v) is 16.1. The summed E-state index contributed by atoms with van der Waals surface area (Å²) in [6.45, 7) is 4.52. The maximum Gasteiger partial charge on any atom is 0.257 e. The van der Waals surface area contributed by atoms with Crippen LogP contribution in [0.1, 0.15) is 54.6 Å². The van der Waals surface area contributed by atoms with Gasteiger partial charge in [-0.1, -0.05) is 30.2 Å². The molecule has 1 aliphatic carbocycles. The Morgan fingerprint density at radius 2 is 1.80 bits per heavy atom. The molecule has 2 aromatic heterocycles. The summed E-state index contributed by atoms with van der Waals surface area (Å²) in [5.74, 6) is 0.823. The van der Waals surface area contributed by atoms with E-state index in [9.17, 15) is 9.59 Å². The highest BCUT2D eigenvalue weighted by molar-refractivity contribution is 5.99. The molecule has 1 N–H and O–H groups in total. The average molecular weight is 618 g/mol. The van der Waals surface area contributed by atoms with Crippen LogP contribution in [-0.4, -0.2) is 107 Å². The molecule has 1 atom stereocenters. The van der Waals surface area contributed by atoms with E-state index < -0.39 is 11.9 Å². The van der Waals surface area contributed by atoms with E-state index in [2.05, 4.69) is 25.5 Å². The fourth-order valence-electron chi connectivity index (χ4n) is 6.71. The second-order valence-corrected chi connectivity index (χ2v) is 12.1. The Labute approximate surface area is 264 Å². The number of amides is 2. The molecule has 3 aliphatic heterocycles. The first-order valence-electron chi connectivity index (χ1n) is 16.1. The van der Waals surface area contributed by atoms with Crippen LogP contribution >= 0.6 is 0 Å². The topological polar surface area (TPSA) is 124 Å². The largest absolute Gasteiger partial charge is 0.494 e. The van der Waals surface area contributed by atoms with E-state index in [1.807, 2.05) is 29.2 Å². The molecule has 0 unspecified atom stereocenters. The number of nitrogens with one attached hydrogen (secondary N) is 1. The van der Waals surface area contributed by atoms with Crippen LogP contribution in [0.15, 0.2) is 48.8 Å². The number of nitrogens with zero attached hydrogens (tertiary/aromatic N) is 6. The molecule has 0 spiro atoms. The number of aromatic nitrogens is 4. The molecule has 45 heavy (non-hydrogen) atoms. The standard InChI is InChI=1S/C33H43N7O5/c1-43-30-11-5-4-10-29(30)40-23-25(36-37-40)21-28-33(42)38-15-12-24(13-16-38)22-39(26-7-2-3-8-26)17-18-44-19-20-45-32-27(31(41)35-28)9-6-14-34-32/h4-6,9-11,14,23-24,26,28H,2-3,7-8,12-13,15-22H2,1H3,(H,35,41)/t28-/m1/s1. The third-order valence-electron chi connectivity index (χ3n) is 9.15. The molecule has 12 nitrogen and oxygen atoms in total. The summed E-state index contributed by atoms with van der Waals surface area (Å²) in [5.41, 5.74) is 1.57. The number of hydrogen-bond acceptors (Lipinski definition) is 9. The van der Waals surface area contributed by atoms with Crippen molar-refractivity contribution in [3.63, 3.8) is 0 Å². The third kappa shape index (κ3) is 7.62. The molecule has 2 amide bonds. The smallest absolute Gasteiger partial charge is 0.257 e. The van der Waals surface area contributed by atoms with Crippen LogP contribution in [0.3, 0.4) is 0 Å². The quantitative estimate of drug-likeness (QED) is 0.431. The van der Waals surface area contributed by atoms with Crippen molar-refractivity contribution in [2.24, 2.45) is 5.92 Å². The Balaban J connectivity index is 1.24. The van der Waals surface area contributed by atoms with Gasteiger partial charge in [-0.25, -0.2) is 9.67 Å². The Bertz CT molecular complexity index is 1430. The van der Waals surface area contributed by atoms with Crippen molar-refractivity contribution in [2.45, 2.75) is 57.0 Å². The molecule has 1 aromatic carbocycles. The fourth-order valence-corrected chi connectivity index (χ4v) is 6.71. The molecule has 3 aromatic rings. The van der Waals surface area contributed by atoms with E-state index in [-0.39, 0.29) is 30.4 Å². The number of fused-ring (bicyclic) bond motifs is 12. The number of benzene rings is 1. The van der Waals surface area contributed by atoms with E-state index in [0.717, 1.165) is 31.6 Å². The van der Waals surface area contributed by atoms with E-state index >= 15 is 0 Å². The van der Waals surface area contributed by atoms with Crippen LogP contribution in [0.4, 0.5) is 0 Å². The predicted octanol–water partition coefficient (Wildman–Crippen LogP) is 2.90. The molecule has 1 saturated heterocycles. The Kier molecular flexibility index (Phi) is 10.2. The summed E-state index contributed by atoms with van der Waals surface area (Å²) in [6.07, 6.45) is 10.5. The van der Waals surface area contributed by atoms with Gasteiger partial charge in [0.15, 0.2) is 0 Å². The minimum atomic E-state index is -0.845. The molecule has 4 aliphatic rings. The van der Waals surface area contributed by atoms with Gasteiger partial charge in [0.2, 0.25) is 11.8 Å². The van der Waals surface area contributed by atoms with Gasteiger partial charge in [-0.05, 0) is 55.9 Å². The number of carbonyl (C=O) groups excluding carboxylic acids is 2.